The van der Waals surface area contributed by atoms with Gasteiger partial charge in [-0.15, -0.1) is 10.2 Å². The Kier molecular flexibility index (Phi) is 7.33. The Morgan fingerprint density at radius 1 is 1.09 bits per heavy atom. The van der Waals surface area contributed by atoms with Gasteiger partial charge in [-0.25, -0.2) is 8.42 Å². The molecule has 1 aromatic heterocycles. The van der Waals surface area contributed by atoms with E-state index in [0.717, 1.165) is 0 Å². The first-order chi connectivity index (χ1) is 16.9. The Bertz CT molecular complexity index is 1400. The van der Waals surface area contributed by atoms with Crippen LogP contribution >= 0.6 is 11.6 Å². The number of carbonyl (C=O) groups is 1. The Balaban J connectivity index is 1.44. The molecule has 1 heterocycles. The van der Waals surface area contributed by atoms with Crippen molar-refractivity contribution in [3.8, 4) is 17.2 Å². The van der Waals surface area contributed by atoms with E-state index in [1.165, 1.54) is 28.9 Å². The lowest BCUT2D eigenvalue weighted by atomic mass is 10.2. The number of rotatable bonds is 9. The van der Waals surface area contributed by atoms with Gasteiger partial charge in [0.25, 0.3) is 15.9 Å². The van der Waals surface area contributed by atoms with Gasteiger partial charge in [0.1, 0.15) is 5.75 Å². The molecule has 11 heteroatoms. The molecule has 4 rings (SSSR count). The second kappa shape index (κ2) is 10.6. The summed E-state index contributed by atoms with van der Waals surface area (Å²) < 4.78 is 38.5. The van der Waals surface area contributed by atoms with Crippen LogP contribution in [0.1, 0.15) is 6.92 Å². The molecule has 180 valence electrons. The molecule has 0 unspecified atom stereocenters. The first kappa shape index (κ1) is 24.2. The minimum atomic E-state index is -3.88. The Hall–Kier alpha value is -3.89. The van der Waals surface area contributed by atoms with Gasteiger partial charge >= 0.3 is 0 Å². The number of carbonyl (C=O) groups excluding carboxylic acids is 1. The molecule has 0 fully saturated rings. The largest absolute Gasteiger partial charge is 0.484 e. The Morgan fingerprint density at radius 3 is 2.49 bits per heavy atom. The lowest BCUT2D eigenvalue weighted by Crippen LogP contribution is -2.30. The highest BCUT2D eigenvalue weighted by Gasteiger charge is 2.24. The maximum Gasteiger partial charge on any atom is 0.264 e. The molecule has 4 aromatic rings. The van der Waals surface area contributed by atoms with E-state index in [-0.39, 0.29) is 28.8 Å². The summed E-state index contributed by atoms with van der Waals surface area (Å²) in [6.07, 6.45) is 1.23. The van der Waals surface area contributed by atoms with Crippen LogP contribution in [0.3, 0.4) is 0 Å². The highest BCUT2D eigenvalue weighted by molar-refractivity contribution is 7.92. The van der Waals surface area contributed by atoms with Crippen LogP contribution in [-0.2, 0) is 14.8 Å². The van der Waals surface area contributed by atoms with Crippen molar-refractivity contribution in [1.29, 1.82) is 0 Å². The Morgan fingerprint density at radius 2 is 1.83 bits per heavy atom. The molecule has 0 radical (unpaired) electrons. The molecule has 0 atom stereocenters. The number of nitrogens with zero attached hydrogens (tertiary/aromatic N) is 3. The normalized spacial score (nSPS) is 11.1. The molecular formula is C24H21ClN4O5S. The van der Waals surface area contributed by atoms with Crippen molar-refractivity contribution < 1.29 is 22.4 Å². The summed E-state index contributed by atoms with van der Waals surface area (Å²) in [5.41, 5.74) is 1.41. The van der Waals surface area contributed by atoms with E-state index < -0.39 is 15.9 Å². The molecule has 9 nitrogen and oxygen atoms in total. The molecule has 0 saturated carbocycles. The van der Waals surface area contributed by atoms with E-state index in [9.17, 15) is 13.2 Å². The zero-order valence-corrected chi connectivity index (χ0v) is 20.2. The van der Waals surface area contributed by atoms with Crippen LogP contribution in [0.25, 0.3) is 11.5 Å². The van der Waals surface area contributed by atoms with Crippen LogP contribution < -0.4 is 14.4 Å². The second-order valence-electron chi connectivity index (χ2n) is 7.25. The maximum absolute atomic E-state index is 13.3. The van der Waals surface area contributed by atoms with Crippen molar-refractivity contribution in [3.63, 3.8) is 0 Å². The van der Waals surface area contributed by atoms with Gasteiger partial charge in [-0.1, -0.05) is 29.8 Å². The van der Waals surface area contributed by atoms with Crippen LogP contribution in [0.5, 0.6) is 5.75 Å². The fourth-order valence-corrected chi connectivity index (χ4v) is 4.97. The average Bonchev–Trinajstić information content (AvgIpc) is 3.40. The molecule has 0 spiro atoms. The molecule has 35 heavy (non-hydrogen) atoms. The first-order valence-electron chi connectivity index (χ1n) is 10.5. The van der Waals surface area contributed by atoms with E-state index in [0.29, 0.717) is 22.9 Å². The number of aromatic nitrogens is 2. The highest BCUT2D eigenvalue weighted by Crippen LogP contribution is 2.29. The lowest BCUT2D eigenvalue weighted by molar-refractivity contribution is -0.118. The number of halogens is 1. The van der Waals surface area contributed by atoms with Gasteiger partial charge in [0.2, 0.25) is 12.3 Å². The SMILES string of the molecule is CCN(c1ccccc1)S(=O)(=O)c1ccc(Cl)c(NC(=O)COc2ccc(-c3nnco3)cc2)c1. The van der Waals surface area contributed by atoms with Crippen molar-refractivity contribution in [2.45, 2.75) is 11.8 Å². The fraction of sp³-hybridized carbons (Fsp3) is 0.125. The summed E-state index contributed by atoms with van der Waals surface area (Å²) in [4.78, 5) is 12.5. The number of sulfonamides is 1. The summed E-state index contributed by atoms with van der Waals surface area (Å²) in [5.74, 6) is 0.317. The molecule has 0 aliphatic rings. The second-order valence-corrected chi connectivity index (χ2v) is 9.52. The molecule has 0 aliphatic carbocycles. The zero-order chi connectivity index (χ0) is 24.8. The number of amides is 1. The van der Waals surface area contributed by atoms with Gasteiger partial charge in [0.05, 0.1) is 21.3 Å². The molecule has 1 N–H and O–H groups in total. The number of nitrogens with one attached hydrogen (secondary N) is 1. The third-order valence-electron chi connectivity index (χ3n) is 4.96. The molecule has 3 aromatic carbocycles. The number of hydrogen-bond donors (Lipinski definition) is 1. The topological polar surface area (TPSA) is 115 Å². The lowest BCUT2D eigenvalue weighted by Gasteiger charge is -2.23. The molecule has 0 aliphatic heterocycles. The van der Waals surface area contributed by atoms with Gasteiger partial charge < -0.3 is 14.5 Å². The van der Waals surface area contributed by atoms with E-state index in [2.05, 4.69) is 15.5 Å². The van der Waals surface area contributed by atoms with Gasteiger partial charge in [-0.3, -0.25) is 9.10 Å². The summed E-state index contributed by atoms with van der Waals surface area (Å²) in [6, 6.07) is 19.7. The minimum Gasteiger partial charge on any atom is -0.484 e. The standard InChI is InChI=1S/C24H21ClN4O5S/c1-2-29(18-6-4-3-5-7-18)35(31,32)20-12-13-21(25)22(14-20)27-23(30)15-33-19-10-8-17(9-11-19)24-28-26-16-34-24/h3-14,16H,2,15H2,1H3,(H,27,30). The average molecular weight is 513 g/mol. The van der Waals surface area contributed by atoms with Crippen molar-refractivity contribution >= 4 is 38.9 Å². The number of hydrogen-bond acceptors (Lipinski definition) is 7. The van der Waals surface area contributed by atoms with Crippen molar-refractivity contribution in [3.05, 3.63) is 84.2 Å². The van der Waals surface area contributed by atoms with Gasteiger partial charge in [0, 0.05) is 12.1 Å². The van der Waals surface area contributed by atoms with Crippen LogP contribution in [0.15, 0.2) is 88.5 Å². The smallest absolute Gasteiger partial charge is 0.264 e. The van der Waals surface area contributed by atoms with Crippen LogP contribution in [0, 0.1) is 0 Å². The summed E-state index contributed by atoms with van der Waals surface area (Å²) in [6.45, 7) is 1.67. The molecule has 0 saturated heterocycles. The van der Waals surface area contributed by atoms with Crippen LogP contribution in [-0.4, -0.2) is 37.7 Å². The van der Waals surface area contributed by atoms with Crippen molar-refractivity contribution in [1.82, 2.24) is 10.2 Å². The van der Waals surface area contributed by atoms with Crippen LogP contribution in [0.4, 0.5) is 11.4 Å². The first-order valence-corrected chi connectivity index (χ1v) is 12.4. The monoisotopic (exact) mass is 512 g/mol. The van der Waals surface area contributed by atoms with Crippen molar-refractivity contribution in [2.24, 2.45) is 0 Å². The molecular weight excluding hydrogens is 492 g/mol. The summed E-state index contributed by atoms with van der Waals surface area (Å²) >= 11 is 6.22. The van der Waals surface area contributed by atoms with Crippen molar-refractivity contribution in [2.75, 3.05) is 22.8 Å². The maximum atomic E-state index is 13.3. The predicted octanol–water partition coefficient (Wildman–Crippen LogP) is 4.62. The number of para-hydroxylation sites is 1. The minimum absolute atomic E-state index is 0.000403. The van der Waals surface area contributed by atoms with Gasteiger partial charge in [0.15, 0.2) is 6.61 Å². The summed E-state index contributed by atoms with van der Waals surface area (Å²) in [7, 11) is -3.88. The quantitative estimate of drug-likeness (QED) is 0.348. The third-order valence-corrected chi connectivity index (χ3v) is 7.19. The number of benzene rings is 3. The third kappa shape index (κ3) is 5.61. The van der Waals surface area contributed by atoms with Gasteiger partial charge in [-0.2, -0.15) is 0 Å². The van der Waals surface area contributed by atoms with E-state index in [4.69, 9.17) is 20.8 Å². The fourth-order valence-electron chi connectivity index (χ4n) is 3.30. The summed E-state index contributed by atoms with van der Waals surface area (Å²) in [5, 5.41) is 10.3. The zero-order valence-electron chi connectivity index (χ0n) is 18.6. The Labute approximate surface area is 207 Å². The highest BCUT2D eigenvalue weighted by atomic mass is 35.5. The van der Waals surface area contributed by atoms with E-state index in [1.54, 1.807) is 55.5 Å². The number of anilines is 2. The van der Waals surface area contributed by atoms with E-state index >= 15 is 0 Å². The van der Waals surface area contributed by atoms with E-state index in [1.807, 2.05) is 6.07 Å². The van der Waals surface area contributed by atoms with Gasteiger partial charge in [-0.05, 0) is 61.5 Å². The molecule has 0 bridgehead atoms. The van der Waals surface area contributed by atoms with Crippen LogP contribution in [0.2, 0.25) is 5.02 Å². The number of ether oxygens (including phenoxy) is 1. The predicted molar refractivity (Wildman–Crippen MR) is 132 cm³/mol. The molecule has 1 amide bonds.